The van der Waals surface area contributed by atoms with Gasteiger partial charge in [-0.3, -0.25) is 0 Å². The Morgan fingerprint density at radius 1 is 1.53 bits per heavy atom. The smallest absolute Gasteiger partial charge is 0.0994 e. The number of benzene rings is 1. The summed E-state index contributed by atoms with van der Waals surface area (Å²) in [6.45, 7) is 5.67. The summed E-state index contributed by atoms with van der Waals surface area (Å²) >= 11 is 0. The number of allylic oxidation sites excluding steroid dienone is 1. The Morgan fingerprint density at radius 2 is 2.33 bits per heavy atom. The molecule has 0 saturated carbocycles. The Bertz CT molecular complexity index is 556. The van der Waals surface area contributed by atoms with E-state index in [1.807, 2.05) is 31.3 Å². The predicted molar refractivity (Wildman–Crippen MR) is 61.7 cm³/mol. The monoisotopic (exact) mass is 196 g/mol. The predicted octanol–water partition coefficient (Wildman–Crippen LogP) is 3.08. The lowest BCUT2D eigenvalue weighted by atomic mass is 10.0. The molecule has 0 bridgehead atoms. The molecule has 2 aromatic rings. The Morgan fingerprint density at radius 3 is 3.00 bits per heavy atom. The van der Waals surface area contributed by atoms with Gasteiger partial charge >= 0.3 is 0 Å². The minimum Gasteiger partial charge on any atom is -0.361 e. The standard InChI is InChI=1S/C13H12N2/c1-3-4-10-8-15-13-5-9(2)11(7-14)6-12(10)13/h3,5-6,8,15H,1,4H2,2H3. The van der Waals surface area contributed by atoms with Crippen LogP contribution in [-0.4, -0.2) is 4.98 Å². The van der Waals surface area contributed by atoms with E-state index in [0.29, 0.717) is 0 Å². The van der Waals surface area contributed by atoms with E-state index in [2.05, 4.69) is 17.6 Å². The SMILES string of the molecule is C=CCc1c[nH]c2cc(C)c(C#N)cc12. The molecular formula is C13H12N2. The number of aromatic nitrogens is 1. The fourth-order valence-corrected chi connectivity index (χ4v) is 1.78. The van der Waals surface area contributed by atoms with Crippen molar-refractivity contribution < 1.29 is 0 Å². The summed E-state index contributed by atoms with van der Waals surface area (Å²) in [5, 5.41) is 10.1. The number of fused-ring (bicyclic) bond motifs is 1. The normalized spacial score (nSPS) is 10.1. The van der Waals surface area contributed by atoms with Crippen molar-refractivity contribution in [2.24, 2.45) is 0 Å². The summed E-state index contributed by atoms with van der Waals surface area (Å²) in [6.07, 6.45) is 4.68. The van der Waals surface area contributed by atoms with Crippen molar-refractivity contribution in [2.45, 2.75) is 13.3 Å². The van der Waals surface area contributed by atoms with Gasteiger partial charge in [0.1, 0.15) is 0 Å². The van der Waals surface area contributed by atoms with Crippen molar-refractivity contribution in [3.8, 4) is 6.07 Å². The molecule has 2 nitrogen and oxygen atoms in total. The lowest BCUT2D eigenvalue weighted by Gasteiger charge is -1.99. The second-order valence-corrected chi connectivity index (χ2v) is 3.63. The van der Waals surface area contributed by atoms with Crippen LogP contribution in [0.2, 0.25) is 0 Å². The Balaban J connectivity index is 2.70. The number of hydrogen-bond acceptors (Lipinski definition) is 1. The summed E-state index contributed by atoms with van der Waals surface area (Å²) in [4.78, 5) is 3.21. The Kier molecular flexibility index (Phi) is 2.31. The highest BCUT2D eigenvalue weighted by Gasteiger charge is 2.05. The molecule has 0 spiro atoms. The fourth-order valence-electron chi connectivity index (χ4n) is 1.78. The third-order valence-electron chi connectivity index (χ3n) is 2.60. The van der Waals surface area contributed by atoms with Crippen LogP contribution in [0, 0.1) is 18.3 Å². The zero-order chi connectivity index (χ0) is 10.8. The molecule has 1 heterocycles. The highest BCUT2D eigenvalue weighted by atomic mass is 14.7. The number of nitrogens with one attached hydrogen (secondary N) is 1. The van der Waals surface area contributed by atoms with Crippen LogP contribution in [-0.2, 0) is 6.42 Å². The number of nitrogens with zero attached hydrogens (tertiary/aromatic N) is 1. The number of hydrogen-bond donors (Lipinski definition) is 1. The van der Waals surface area contributed by atoms with Crippen molar-refractivity contribution >= 4 is 10.9 Å². The quantitative estimate of drug-likeness (QED) is 0.736. The molecule has 0 unspecified atom stereocenters. The largest absolute Gasteiger partial charge is 0.361 e. The van der Waals surface area contributed by atoms with Gasteiger partial charge in [0.25, 0.3) is 0 Å². The highest BCUT2D eigenvalue weighted by molar-refractivity contribution is 5.85. The first-order chi connectivity index (χ1) is 7.26. The van der Waals surface area contributed by atoms with Crippen LogP contribution < -0.4 is 0 Å². The van der Waals surface area contributed by atoms with Gasteiger partial charge in [0.05, 0.1) is 11.6 Å². The van der Waals surface area contributed by atoms with Crippen molar-refractivity contribution in [1.29, 1.82) is 5.26 Å². The molecule has 0 atom stereocenters. The number of aromatic amines is 1. The van der Waals surface area contributed by atoms with E-state index in [9.17, 15) is 0 Å². The molecule has 0 fully saturated rings. The zero-order valence-electron chi connectivity index (χ0n) is 8.67. The first-order valence-electron chi connectivity index (χ1n) is 4.88. The van der Waals surface area contributed by atoms with Gasteiger partial charge in [0, 0.05) is 17.1 Å². The van der Waals surface area contributed by atoms with E-state index < -0.39 is 0 Å². The van der Waals surface area contributed by atoms with Crippen molar-refractivity contribution in [3.63, 3.8) is 0 Å². The summed E-state index contributed by atoms with van der Waals surface area (Å²) in [5.74, 6) is 0. The van der Waals surface area contributed by atoms with Crippen molar-refractivity contribution in [1.82, 2.24) is 4.98 Å². The topological polar surface area (TPSA) is 39.6 Å². The molecule has 0 aliphatic carbocycles. The number of H-pyrrole nitrogens is 1. The number of rotatable bonds is 2. The number of nitriles is 1. The van der Waals surface area contributed by atoms with E-state index in [4.69, 9.17) is 5.26 Å². The summed E-state index contributed by atoms with van der Waals surface area (Å²) in [5.41, 5.74) is 4.03. The van der Waals surface area contributed by atoms with E-state index in [0.717, 1.165) is 28.5 Å². The van der Waals surface area contributed by atoms with Crippen LogP contribution in [0.1, 0.15) is 16.7 Å². The summed E-state index contributed by atoms with van der Waals surface area (Å²) in [6, 6.07) is 6.17. The van der Waals surface area contributed by atoms with Gasteiger partial charge in [-0.2, -0.15) is 5.26 Å². The molecule has 1 N–H and O–H groups in total. The summed E-state index contributed by atoms with van der Waals surface area (Å²) < 4.78 is 0. The first kappa shape index (κ1) is 9.54. The van der Waals surface area contributed by atoms with Gasteiger partial charge in [-0.15, -0.1) is 6.58 Å². The third-order valence-corrected chi connectivity index (χ3v) is 2.60. The van der Waals surface area contributed by atoms with Gasteiger partial charge in [-0.05, 0) is 36.6 Å². The van der Waals surface area contributed by atoms with E-state index in [1.54, 1.807) is 0 Å². The molecule has 1 aromatic carbocycles. The molecule has 2 heteroatoms. The molecule has 74 valence electrons. The zero-order valence-corrected chi connectivity index (χ0v) is 8.67. The average Bonchev–Trinajstić information content (AvgIpc) is 2.60. The lowest BCUT2D eigenvalue weighted by molar-refractivity contribution is 1.29. The fraction of sp³-hybridized carbons (Fsp3) is 0.154. The van der Waals surface area contributed by atoms with Gasteiger partial charge < -0.3 is 4.98 Å². The van der Waals surface area contributed by atoms with Crippen molar-refractivity contribution in [3.05, 3.63) is 47.7 Å². The third kappa shape index (κ3) is 1.53. The van der Waals surface area contributed by atoms with Crippen LogP contribution in [0.5, 0.6) is 0 Å². The van der Waals surface area contributed by atoms with Crippen LogP contribution in [0.3, 0.4) is 0 Å². The average molecular weight is 196 g/mol. The van der Waals surface area contributed by atoms with Gasteiger partial charge in [-0.1, -0.05) is 6.08 Å². The van der Waals surface area contributed by atoms with Crippen LogP contribution in [0.15, 0.2) is 31.0 Å². The molecule has 1 aromatic heterocycles. The lowest BCUT2D eigenvalue weighted by Crippen LogP contribution is -1.83. The second-order valence-electron chi connectivity index (χ2n) is 3.63. The van der Waals surface area contributed by atoms with Gasteiger partial charge in [0.2, 0.25) is 0 Å². The van der Waals surface area contributed by atoms with Crippen LogP contribution in [0.25, 0.3) is 10.9 Å². The second kappa shape index (κ2) is 3.62. The Labute approximate surface area is 88.8 Å². The minimum atomic E-state index is 0.743. The molecule has 15 heavy (non-hydrogen) atoms. The Hall–Kier alpha value is -2.01. The first-order valence-corrected chi connectivity index (χ1v) is 4.88. The van der Waals surface area contributed by atoms with E-state index in [1.165, 1.54) is 5.56 Å². The maximum atomic E-state index is 8.96. The van der Waals surface area contributed by atoms with Crippen LogP contribution >= 0.6 is 0 Å². The molecular weight excluding hydrogens is 184 g/mol. The minimum absolute atomic E-state index is 0.743. The van der Waals surface area contributed by atoms with E-state index >= 15 is 0 Å². The molecule has 0 saturated heterocycles. The van der Waals surface area contributed by atoms with Gasteiger partial charge in [-0.25, -0.2) is 0 Å². The molecule has 2 rings (SSSR count). The molecule has 0 aliphatic rings. The maximum Gasteiger partial charge on any atom is 0.0994 e. The molecule has 0 aliphatic heterocycles. The van der Waals surface area contributed by atoms with Crippen molar-refractivity contribution in [2.75, 3.05) is 0 Å². The molecule has 0 radical (unpaired) electrons. The van der Waals surface area contributed by atoms with Gasteiger partial charge in [0.15, 0.2) is 0 Å². The molecule has 0 amide bonds. The van der Waals surface area contributed by atoms with Crippen LogP contribution in [0.4, 0.5) is 0 Å². The maximum absolute atomic E-state index is 8.96. The summed E-state index contributed by atoms with van der Waals surface area (Å²) in [7, 11) is 0. The highest BCUT2D eigenvalue weighted by Crippen LogP contribution is 2.22. The number of aryl methyl sites for hydroxylation is 1. The van der Waals surface area contributed by atoms with E-state index in [-0.39, 0.29) is 0 Å².